The maximum absolute atomic E-state index is 12.6. The zero-order valence-electron chi connectivity index (χ0n) is 11.2. The fraction of sp³-hybridized carbons (Fsp3) is 0.538. The van der Waals surface area contributed by atoms with Gasteiger partial charge in [0, 0.05) is 12.2 Å². The van der Waals surface area contributed by atoms with Crippen molar-refractivity contribution in [1.82, 2.24) is 4.31 Å². The Morgan fingerprint density at radius 2 is 2.16 bits per heavy atom. The fourth-order valence-corrected chi connectivity index (χ4v) is 4.30. The lowest BCUT2D eigenvalue weighted by atomic mass is 10.0. The predicted molar refractivity (Wildman–Crippen MR) is 74.1 cm³/mol. The molecule has 0 spiro atoms. The third kappa shape index (κ3) is 2.48. The molecule has 0 radical (unpaired) electrons. The lowest BCUT2D eigenvalue weighted by Crippen LogP contribution is -2.39. The number of hydrogen-bond donors (Lipinski definition) is 2. The van der Waals surface area contributed by atoms with E-state index in [0.717, 1.165) is 12.0 Å². The number of rotatable bonds is 3. The van der Waals surface area contributed by atoms with E-state index in [2.05, 4.69) is 0 Å². The van der Waals surface area contributed by atoms with Crippen LogP contribution in [0, 0.1) is 12.8 Å². The lowest BCUT2D eigenvalue weighted by Gasteiger charge is -2.24. The fourth-order valence-electron chi connectivity index (χ4n) is 2.49. The third-order valence-corrected chi connectivity index (χ3v) is 5.79. The largest absolute Gasteiger partial charge is 0.399 e. The van der Waals surface area contributed by atoms with Crippen LogP contribution in [-0.2, 0) is 10.0 Å². The smallest absolute Gasteiger partial charge is 0.243 e. The molecule has 2 atom stereocenters. The van der Waals surface area contributed by atoms with Crippen molar-refractivity contribution in [3.05, 3.63) is 23.8 Å². The highest BCUT2D eigenvalue weighted by Crippen LogP contribution is 2.30. The summed E-state index contributed by atoms with van der Waals surface area (Å²) >= 11 is 0. The molecule has 0 bridgehead atoms. The van der Waals surface area contributed by atoms with Gasteiger partial charge in [-0.2, -0.15) is 4.31 Å². The maximum atomic E-state index is 12.6. The first kappa shape index (κ1) is 14.3. The second kappa shape index (κ2) is 5.11. The minimum absolute atomic E-state index is 0.144. The van der Waals surface area contributed by atoms with Crippen LogP contribution in [0.4, 0.5) is 5.69 Å². The van der Waals surface area contributed by atoms with Crippen LogP contribution in [-0.4, -0.2) is 37.0 Å². The molecule has 19 heavy (non-hydrogen) atoms. The molecule has 2 unspecified atom stereocenters. The van der Waals surface area contributed by atoms with Gasteiger partial charge in [-0.05, 0) is 43.0 Å². The van der Waals surface area contributed by atoms with E-state index in [1.54, 1.807) is 19.1 Å². The number of aryl methyl sites for hydroxylation is 1. The van der Waals surface area contributed by atoms with Crippen LogP contribution >= 0.6 is 0 Å². The molecular weight excluding hydrogens is 264 g/mol. The van der Waals surface area contributed by atoms with Crippen LogP contribution in [0.5, 0.6) is 0 Å². The molecule has 1 aliphatic rings. The van der Waals surface area contributed by atoms with Crippen LogP contribution in [0.3, 0.4) is 0 Å². The first-order chi connectivity index (χ1) is 8.87. The van der Waals surface area contributed by atoms with E-state index in [0.29, 0.717) is 12.2 Å². The summed E-state index contributed by atoms with van der Waals surface area (Å²) in [5, 5.41) is 9.39. The number of anilines is 1. The summed E-state index contributed by atoms with van der Waals surface area (Å²) in [6.45, 7) is 4.06. The first-order valence-electron chi connectivity index (χ1n) is 6.36. The SMILES string of the molecule is Cc1cc(S(=O)(=O)N2CCC(C)C2CO)ccc1N. The minimum Gasteiger partial charge on any atom is -0.399 e. The van der Waals surface area contributed by atoms with Gasteiger partial charge in [-0.15, -0.1) is 0 Å². The molecule has 5 nitrogen and oxygen atoms in total. The Balaban J connectivity index is 2.39. The molecule has 106 valence electrons. The van der Waals surface area contributed by atoms with Crippen LogP contribution in [0.15, 0.2) is 23.1 Å². The molecule has 1 aromatic rings. The Labute approximate surface area is 114 Å². The molecular formula is C13H20N2O3S. The summed E-state index contributed by atoms with van der Waals surface area (Å²) in [6, 6.07) is 4.38. The Bertz CT molecular complexity index is 571. The average Bonchev–Trinajstić information content (AvgIpc) is 2.74. The predicted octanol–water partition coefficient (Wildman–Crippen LogP) is 0.969. The molecule has 6 heteroatoms. The van der Waals surface area contributed by atoms with E-state index in [1.807, 2.05) is 6.92 Å². The van der Waals surface area contributed by atoms with Gasteiger partial charge < -0.3 is 10.8 Å². The topological polar surface area (TPSA) is 83.6 Å². The van der Waals surface area contributed by atoms with Gasteiger partial charge in [0.1, 0.15) is 0 Å². The summed E-state index contributed by atoms with van der Waals surface area (Å²) in [7, 11) is -3.55. The first-order valence-corrected chi connectivity index (χ1v) is 7.80. The Morgan fingerprint density at radius 3 is 2.74 bits per heavy atom. The van der Waals surface area contributed by atoms with E-state index < -0.39 is 10.0 Å². The molecule has 1 saturated heterocycles. The van der Waals surface area contributed by atoms with Gasteiger partial charge in [0.05, 0.1) is 17.5 Å². The van der Waals surface area contributed by atoms with Gasteiger partial charge >= 0.3 is 0 Å². The van der Waals surface area contributed by atoms with Crippen molar-refractivity contribution < 1.29 is 13.5 Å². The lowest BCUT2D eigenvalue weighted by molar-refractivity contribution is 0.191. The highest BCUT2D eigenvalue weighted by molar-refractivity contribution is 7.89. The van der Waals surface area contributed by atoms with Crippen LogP contribution < -0.4 is 5.73 Å². The summed E-state index contributed by atoms with van der Waals surface area (Å²) in [5.41, 5.74) is 7.03. The second-order valence-electron chi connectivity index (χ2n) is 5.15. The maximum Gasteiger partial charge on any atom is 0.243 e. The zero-order valence-corrected chi connectivity index (χ0v) is 12.0. The van der Waals surface area contributed by atoms with Crippen molar-refractivity contribution in [3.8, 4) is 0 Å². The molecule has 0 saturated carbocycles. The van der Waals surface area contributed by atoms with Gasteiger partial charge in [0.15, 0.2) is 0 Å². The molecule has 1 aromatic carbocycles. The Morgan fingerprint density at radius 1 is 1.47 bits per heavy atom. The summed E-state index contributed by atoms with van der Waals surface area (Å²) in [4.78, 5) is 0.242. The molecule has 0 aliphatic carbocycles. The van der Waals surface area contributed by atoms with Gasteiger partial charge in [-0.3, -0.25) is 0 Å². The molecule has 1 aliphatic heterocycles. The summed E-state index contributed by atoms with van der Waals surface area (Å²) in [6.07, 6.45) is 0.776. The van der Waals surface area contributed by atoms with Crippen molar-refractivity contribution >= 4 is 15.7 Å². The van der Waals surface area contributed by atoms with Gasteiger partial charge in [0.25, 0.3) is 0 Å². The second-order valence-corrected chi connectivity index (χ2v) is 7.04. The number of nitrogens with zero attached hydrogens (tertiary/aromatic N) is 1. The van der Waals surface area contributed by atoms with Crippen molar-refractivity contribution in [2.24, 2.45) is 5.92 Å². The van der Waals surface area contributed by atoms with Crippen molar-refractivity contribution in [3.63, 3.8) is 0 Å². The number of hydrogen-bond acceptors (Lipinski definition) is 4. The highest BCUT2D eigenvalue weighted by Gasteiger charge is 2.39. The average molecular weight is 284 g/mol. The van der Waals surface area contributed by atoms with Crippen LogP contribution in [0.25, 0.3) is 0 Å². The quantitative estimate of drug-likeness (QED) is 0.810. The normalized spacial score (nSPS) is 24.8. The molecule has 2 rings (SSSR count). The Hall–Kier alpha value is -1.11. The minimum atomic E-state index is -3.55. The molecule has 1 heterocycles. The number of benzene rings is 1. The third-order valence-electron chi connectivity index (χ3n) is 3.87. The number of nitrogens with two attached hydrogens (primary N) is 1. The van der Waals surface area contributed by atoms with E-state index >= 15 is 0 Å². The number of aliphatic hydroxyl groups excluding tert-OH is 1. The number of nitrogen functional groups attached to an aromatic ring is 1. The van der Waals surface area contributed by atoms with Crippen molar-refractivity contribution in [2.75, 3.05) is 18.9 Å². The number of sulfonamides is 1. The highest BCUT2D eigenvalue weighted by atomic mass is 32.2. The zero-order chi connectivity index (χ0) is 14.2. The van der Waals surface area contributed by atoms with E-state index in [1.165, 1.54) is 10.4 Å². The molecule has 1 fully saturated rings. The van der Waals surface area contributed by atoms with Crippen molar-refractivity contribution in [1.29, 1.82) is 0 Å². The standard InChI is InChI=1S/C13H20N2O3S/c1-9-5-6-15(13(9)8-16)19(17,18)11-3-4-12(14)10(2)7-11/h3-4,7,9,13,16H,5-6,8,14H2,1-2H3. The van der Waals surface area contributed by atoms with Crippen LogP contribution in [0.2, 0.25) is 0 Å². The van der Waals surface area contributed by atoms with E-state index in [9.17, 15) is 13.5 Å². The summed E-state index contributed by atoms with van der Waals surface area (Å²) in [5.74, 6) is 0.176. The van der Waals surface area contributed by atoms with E-state index in [4.69, 9.17) is 5.73 Å². The molecule has 0 amide bonds. The summed E-state index contributed by atoms with van der Waals surface area (Å²) < 4.78 is 26.6. The van der Waals surface area contributed by atoms with Gasteiger partial charge in [-0.25, -0.2) is 8.42 Å². The molecule has 3 N–H and O–H groups in total. The molecule has 0 aromatic heterocycles. The van der Waals surface area contributed by atoms with Crippen LogP contribution in [0.1, 0.15) is 18.9 Å². The Kier molecular flexibility index (Phi) is 3.85. The van der Waals surface area contributed by atoms with E-state index in [-0.39, 0.29) is 23.5 Å². The van der Waals surface area contributed by atoms with Crippen molar-refractivity contribution in [2.45, 2.75) is 31.2 Å². The van der Waals surface area contributed by atoms with Gasteiger partial charge in [-0.1, -0.05) is 6.92 Å². The number of aliphatic hydroxyl groups is 1. The van der Waals surface area contributed by atoms with Gasteiger partial charge in [0.2, 0.25) is 10.0 Å². The monoisotopic (exact) mass is 284 g/mol.